The van der Waals surface area contributed by atoms with E-state index in [4.69, 9.17) is 4.74 Å². The van der Waals surface area contributed by atoms with Crippen molar-refractivity contribution in [3.63, 3.8) is 0 Å². The fraction of sp³-hybridized carbons (Fsp3) is 0.100. The predicted molar refractivity (Wildman–Crippen MR) is 107 cm³/mol. The molecule has 0 bridgehead atoms. The average Bonchev–Trinajstić information content (AvgIpc) is 2.56. The molecule has 1 heterocycles. The van der Waals surface area contributed by atoms with Gasteiger partial charge in [-0.2, -0.15) is 0 Å². The van der Waals surface area contributed by atoms with E-state index in [1.807, 2.05) is 68.4 Å². The lowest BCUT2D eigenvalue weighted by Crippen LogP contribution is -2.14. The number of anilines is 1. The quantitative estimate of drug-likeness (QED) is 0.553. The van der Waals surface area contributed by atoms with Gasteiger partial charge < -0.3 is 10.1 Å². The number of benzene rings is 2. The molecule has 3 aromatic rings. The first kappa shape index (κ1) is 17.4. The molecule has 25 heavy (non-hydrogen) atoms. The summed E-state index contributed by atoms with van der Waals surface area (Å²) in [7, 11) is 0. The number of halogens is 1. The molecule has 0 aliphatic carbocycles. The summed E-state index contributed by atoms with van der Waals surface area (Å²) in [5.74, 6) is 1.33. The topological polar surface area (TPSA) is 51.2 Å². The van der Waals surface area contributed by atoms with Gasteiger partial charge in [0.1, 0.15) is 11.5 Å². The van der Waals surface area contributed by atoms with E-state index < -0.39 is 0 Å². The first-order valence-electron chi connectivity index (χ1n) is 7.80. The summed E-state index contributed by atoms with van der Waals surface area (Å²) in [6, 6.07) is 18.7. The van der Waals surface area contributed by atoms with Crippen LogP contribution in [0.2, 0.25) is 0 Å². The maximum Gasteiger partial charge on any atom is 0.257 e. The van der Waals surface area contributed by atoms with Gasteiger partial charge in [-0.25, -0.2) is 0 Å². The Labute approximate surface area is 160 Å². The molecule has 0 radical (unpaired) electrons. The molecule has 0 aliphatic heterocycles. The van der Waals surface area contributed by atoms with Gasteiger partial charge >= 0.3 is 0 Å². The number of nitrogens with one attached hydrogen (secondary N) is 1. The highest BCUT2D eigenvalue weighted by atomic mass is 127. The van der Waals surface area contributed by atoms with Gasteiger partial charge in [-0.3, -0.25) is 9.78 Å². The van der Waals surface area contributed by atoms with Crippen LogP contribution in [0.4, 0.5) is 5.69 Å². The number of aromatic nitrogens is 1. The average molecular weight is 444 g/mol. The zero-order chi connectivity index (χ0) is 17.8. The van der Waals surface area contributed by atoms with Crippen LogP contribution >= 0.6 is 22.6 Å². The van der Waals surface area contributed by atoms with E-state index >= 15 is 0 Å². The lowest BCUT2D eigenvalue weighted by molar-refractivity contribution is 0.102. The lowest BCUT2D eigenvalue weighted by atomic mass is 10.1. The van der Waals surface area contributed by atoms with Gasteiger partial charge in [-0.15, -0.1) is 0 Å². The molecule has 2 aromatic carbocycles. The number of carbonyl (C=O) groups is 1. The maximum atomic E-state index is 12.4. The largest absolute Gasteiger partial charge is 0.457 e. The van der Waals surface area contributed by atoms with Crippen molar-refractivity contribution in [2.45, 2.75) is 13.8 Å². The molecule has 0 fully saturated rings. The van der Waals surface area contributed by atoms with E-state index in [0.29, 0.717) is 17.0 Å². The molecule has 126 valence electrons. The Bertz CT molecular complexity index is 908. The van der Waals surface area contributed by atoms with Gasteiger partial charge in [0.15, 0.2) is 0 Å². The number of nitrogens with zero attached hydrogens (tertiary/aromatic N) is 1. The van der Waals surface area contributed by atoms with Crippen LogP contribution in [0.1, 0.15) is 21.7 Å². The van der Waals surface area contributed by atoms with Crippen LogP contribution < -0.4 is 10.1 Å². The van der Waals surface area contributed by atoms with Crippen LogP contribution in [0.5, 0.6) is 11.5 Å². The van der Waals surface area contributed by atoms with Crippen molar-refractivity contribution in [3.05, 3.63) is 81.2 Å². The normalized spacial score (nSPS) is 10.4. The van der Waals surface area contributed by atoms with Crippen molar-refractivity contribution in [3.8, 4) is 11.5 Å². The molecule has 1 aromatic heterocycles. The van der Waals surface area contributed by atoms with E-state index in [1.165, 1.54) is 0 Å². The molecular weight excluding hydrogens is 427 g/mol. The maximum absolute atomic E-state index is 12.4. The Morgan fingerprint density at radius 1 is 1.00 bits per heavy atom. The summed E-state index contributed by atoms with van der Waals surface area (Å²) >= 11 is 2.24. The number of hydrogen-bond donors (Lipinski definition) is 1. The number of aryl methyl sites for hydroxylation is 2. The summed E-state index contributed by atoms with van der Waals surface area (Å²) < 4.78 is 6.92. The van der Waals surface area contributed by atoms with Crippen molar-refractivity contribution in [1.82, 2.24) is 4.98 Å². The van der Waals surface area contributed by atoms with Crippen molar-refractivity contribution < 1.29 is 9.53 Å². The number of pyridine rings is 1. The molecule has 0 saturated carbocycles. The van der Waals surface area contributed by atoms with Crippen LogP contribution in [-0.4, -0.2) is 10.9 Å². The Balaban J connectivity index is 1.69. The lowest BCUT2D eigenvalue weighted by Gasteiger charge is -2.09. The highest BCUT2D eigenvalue weighted by molar-refractivity contribution is 14.1. The summed E-state index contributed by atoms with van der Waals surface area (Å²) in [5.41, 5.74) is 2.90. The predicted octanol–water partition coefficient (Wildman–Crippen LogP) is 5.35. The number of carbonyl (C=O) groups excluding carboxylic acids is 1. The number of rotatable bonds is 4. The third-order valence-electron chi connectivity index (χ3n) is 3.61. The molecule has 0 aliphatic rings. The van der Waals surface area contributed by atoms with E-state index in [2.05, 4.69) is 32.9 Å². The van der Waals surface area contributed by atoms with E-state index in [9.17, 15) is 4.79 Å². The molecule has 4 nitrogen and oxygen atoms in total. The summed E-state index contributed by atoms with van der Waals surface area (Å²) in [5, 5.41) is 2.88. The van der Waals surface area contributed by atoms with Crippen LogP contribution in [-0.2, 0) is 0 Å². The SMILES string of the molecule is Cc1ccc(C(=O)Nc2ccc(Oc3cccc(I)c3)cc2)c(C)n1. The minimum atomic E-state index is -0.170. The highest BCUT2D eigenvalue weighted by Gasteiger charge is 2.10. The van der Waals surface area contributed by atoms with Gasteiger partial charge in [0.25, 0.3) is 5.91 Å². The molecule has 1 N–H and O–H groups in total. The second kappa shape index (κ2) is 7.65. The van der Waals surface area contributed by atoms with Crippen LogP contribution in [0, 0.1) is 17.4 Å². The first-order valence-corrected chi connectivity index (χ1v) is 8.88. The highest BCUT2D eigenvalue weighted by Crippen LogP contribution is 2.24. The number of hydrogen-bond acceptors (Lipinski definition) is 3. The molecule has 0 saturated heterocycles. The van der Waals surface area contributed by atoms with Crippen molar-refractivity contribution >= 4 is 34.2 Å². The summed E-state index contributed by atoms with van der Waals surface area (Å²) in [4.78, 5) is 16.7. The van der Waals surface area contributed by atoms with Crippen LogP contribution in [0.25, 0.3) is 0 Å². The minimum Gasteiger partial charge on any atom is -0.457 e. The Kier molecular flexibility index (Phi) is 5.33. The van der Waals surface area contributed by atoms with Crippen LogP contribution in [0.15, 0.2) is 60.7 Å². The zero-order valence-electron chi connectivity index (χ0n) is 13.9. The first-order chi connectivity index (χ1) is 12.0. The van der Waals surface area contributed by atoms with Gasteiger partial charge in [0.05, 0.1) is 11.3 Å². The second-order valence-electron chi connectivity index (χ2n) is 5.62. The van der Waals surface area contributed by atoms with E-state index in [0.717, 1.165) is 20.7 Å². The number of ether oxygens (including phenoxy) is 1. The molecular formula is C20H17IN2O2. The Morgan fingerprint density at radius 3 is 2.44 bits per heavy atom. The molecule has 0 unspecified atom stereocenters. The van der Waals surface area contributed by atoms with Crippen molar-refractivity contribution in [2.24, 2.45) is 0 Å². The van der Waals surface area contributed by atoms with Crippen molar-refractivity contribution in [1.29, 1.82) is 0 Å². The third kappa shape index (κ3) is 4.57. The Morgan fingerprint density at radius 2 is 1.76 bits per heavy atom. The zero-order valence-corrected chi connectivity index (χ0v) is 16.1. The monoisotopic (exact) mass is 444 g/mol. The standard InChI is InChI=1S/C20H17IN2O2/c1-13-6-11-19(14(2)22-13)20(24)23-16-7-9-17(10-8-16)25-18-5-3-4-15(21)12-18/h3-12H,1-2H3,(H,23,24). The fourth-order valence-corrected chi connectivity index (χ4v) is 2.91. The fourth-order valence-electron chi connectivity index (χ4n) is 2.40. The molecule has 3 rings (SSSR count). The van der Waals surface area contributed by atoms with Crippen LogP contribution in [0.3, 0.4) is 0 Å². The molecule has 0 atom stereocenters. The van der Waals surface area contributed by atoms with Gasteiger partial charge in [-0.1, -0.05) is 6.07 Å². The number of amides is 1. The van der Waals surface area contributed by atoms with Crippen molar-refractivity contribution in [2.75, 3.05) is 5.32 Å². The third-order valence-corrected chi connectivity index (χ3v) is 4.28. The van der Waals surface area contributed by atoms with E-state index in [-0.39, 0.29) is 5.91 Å². The smallest absolute Gasteiger partial charge is 0.257 e. The van der Waals surface area contributed by atoms with Gasteiger partial charge in [0, 0.05) is 15.0 Å². The summed E-state index contributed by atoms with van der Waals surface area (Å²) in [6.45, 7) is 3.74. The molecule has 0 spiro atoms. The second-order valence-corrected chi connectivity index (χ2v) is 6.87. The van der Waals surface area contributed by atoms with Gasteiger partial charge in [-0.05, 0) is 91.0 Å². The minimum absolute atomic E-state index is 0.170. The van der Waals surface area contributed by atoms with E-state index in [1.54, 1.807) is 6.07 Å². The Hall–Kier alpha value is -2.41. The molecule has 1 amide bonds. The molecule has 5 heteroatoms. The summed E-state index contributed by atoms with van der Waals surface area (Å²) in [6.07, 6.45) is 0. The van der Waals surface area contributed by atoms with Gasteiger partial charge in [0.2, 0.25) is 0 Å².